The van der Waals surface area contributed by atoms with Gasteiger partial charge >= 0.3 is 0 Å². The van der Waals surface area contributed by atoms with E-state index in [2.05, 4.69) is 16.8 Å². The number of hydrogen-bond acceptors (Lipinski definition) is 5. The van der Waals surface area contributed by atoms with Crippen molar-refractivity contribution in [1.29, 1.82) is 0 Å². The van der Waals surface area contributed by atoms with Crippen molar-refractivity contribution in [3.8, 4) is 29.0 Å². The van der Waals surface area contributed by atoms with E-state index in [-0.39, 0.29) is 12.3 Å². The van der Waals surface area contributed by atoms with Gasteiger partial charge in [-0.2, -0.15) is 0 Å². The lowest BCUT2D eigenvalue weighted by atomic mass is 10.1. The minimum absolute atomic E-state index is 0.146. The van der Waals surface area contributed by atoms with Gasteiger partial charge in [-0.1, -0.05) is 11.8 Å². The standard InChI is InChI=1S/C18H19N3O4/c1-18(2,24)6-5-11-3-4-15-13(7-11)17-20-14(16(19)23)9-21(17)8-12(10-22)25-15/h3-4,7,9,12,22,24H,8,10H2,1-2H3,(H2,19,23)/t12-/m0/s1. The molecule has 7 nitrogen and oxygen atoms in total. The van der Waals surface area contributed by atoms with E-state index in [1.54, 1.807) is 42.8 Å². The molecule has 4 N–H and O–H groups in total. The summed E-state index contributed by atoms with van der Waals surface area (Å²) in [6.07, 6.45) is 1.08. The van der Waals surface area contributed by atoms with E-state index < -0.39 is 17.6 Å². The van der Waals surface area contributed by atoms with Gasteiger partial charge in [0.15, 0.2) is 0 Å². The fraction of sp³-hybridized carbons (Fsp3) is 0.333. The number of rotatable bonds is 2. The zero-order valence-electron chi connectivity index (χ0n) is 14.0. The Morgan fingerprint density at radius 2 is 2.28 bits per heavy atom. The number of hydrogen-bond donors (Lipinski definition) is 3. The van der Waals surface area contributed by atoms with Gasteiger partial charge in [0.1, 0.15) is 29.0 Å². The molecule has 1 aliphatic heterocycles. The third kappa shape index (κ3) is 3.65. The second-order valence-electron chi connectivity index (χ2n) is 6.41. The van der Waals surface area contributed by atoms with E-state index in [4.69, 9.17) is 10.5 Å². The van der Waals surface area contributed by atoms with E-state index >= 15 is 0 Å². The van der Waals surface area contributed by atoms with Crippen LogP contribution in [0.5, 0.6) is 5.75 Å². The van der Waals surface area contributed by atoms with E-state index in [0.29, 0.717) is 29.2 Å². The lowest BCUT2D eigenvalue weighted by Crippen LogP contribution is -2.25. The number of carbonyl (C=O) groups is 1. The highest BCUT2D eigenvalue weighted by molar-refractivity contribution is 5.91. The van der Waals surface area contributed by atoms with Crippen LogP contribution >= 0.6 is 0 Å². The average Bonchev–Trinajstić information content (AvgIpc) is 2.90. The van der Waals surface area contributed by atoms with Crippen LogP contribution in [0, 0.1) is 11.8 Å². The van der Waals surface area contributed by atoms with Gasteiger partial charge in [-0.25, -0.2) is 4.98 Å². The molecule has 130 valence electrons. The molecule has 0 radical (unpaired) electrons. The highest BCUT2D eigenvalue weighted by Gasteiger charge is 2.25. The number of aromatic nitrogens is 2. The van der Waals surface area contributed by atoms with Crippen molar-refractivity contribution in [2.75, 3.05) is 6.61 Å². The first-order valence-corrected chi connectivity index (χ1v) is 7.81. The predicted octanol–water partition coefficient (Wildman–Crippen LogP) is 0.525. The fourth-order valence-corrected chi connectivity index (χ4v) is 2.53. The maximum atomic E-state index is 11.5. The lowest BCUT2D eigenvalue weighted by molar-refractivity contribution is 0.0993. The van der Waals surface area contributed by atoms with Crippen molar-refractivity contribution in [2.24, 2.45) is 5.73 Å². The Morgan fingerprint density at radius 1 is 1.52 bits per heavy atom. The molecule has 2 heterocycles. The van der Waals surface area contributed by atoms with Crippen LogP contribution in [0.1, 0.15) is 29.9 Å². The van der Waals surface area contributed by atoms with Crippen LogP contribution in [-0.2, 0) is 6.54 Å². The Balaban J connectivity index is 2.13. The predicted molar refractivity (Wildman–Crippen MR) is 90.9 cm³/mol. The van der Waals surface area contributed by atoms with Gasteiger partial charge < -0.3 is 25.3 Å². The molecule has 1 atom stereocenters. The van der Waals surface area contributed by atoms with Crippen LogP contribution < -0.4 is 10.5 Å². The second kappa shape index (κ2) is 6.24. The van der Waals surface area contributed by atoms with Crippen molar-refractivity contribution in [3.05, 3.63) is 35.7 Å². The largest absolute Gasteiger partial charge is 0.485 e. The number of aliphatic hydroxyl groups is 2. The molecule has 25 heavy (non-hydrogen) atoms. The van der Waals surface area contributed by atoms with E-state index in [1.165, 1.54) is 0 Å². The minimum Gasteiger partial charge on any atom is -0.485 e. The number of amides is 1. The highest BCUT2D eigenvalue weighted by Crippen LogP contribution is 2.34. The minimum atomic E-state index is -1.11. The van der Waals surface area contributed by atoms with Gasteiger partial charge in [0.05, 0.1) is 18.7 Å². The zero-order chi connectivity index (χ0) is 18.2. The SMILES string of the molecule is CC(C)(O)C#Cc1ccc2c(c1)-c1nc(C(N)=O)cn1C[C@@H](CO)O2. The quantitative estimate of drug-likeness (QED) is 0.690. The molecule has 0 aliphatic carbocycles. The molecule has 2 aromatic rings. The van der Waals surface area contributed by atoms with Crippen LogP contribution in [0.3, 0.4) is 0 Å². The molecule has 1 aliphatic rings. The van der Waals surface area contributed by atoms with Gasteiger partial charge in [0.25, 0.3) is 5.91 Å². The number of nitrogens with two attached hydrogens (primary N) is 1. The van der Waals surface area contributed by atoms with Gasteiger partial charge in [-0.3, -0.25) is 4.79 Å². The fourth-order valence-electron chi connectivity index (χ4n) is 2.53. The monoisotopic (exact) mass is 341 g/mol. The number of fused-ring (bicyclic) bond motifs is 3. The molecule has 1 amide bonds. The van der Waals surface area contributed by atoms with E-state index in [9.17, 15) is 15.0 Å². The van der Waals surface area contributed by atoms with Gasteiger partial charge in [-0.05, 0) is 32.0 Å². The summed E-state index contributed by atoms with van der Waals surface area (Å²) < 4.78 is 7.56. The van der Waals surface area contributed by atoms with Crippen LogP contribution in [0.15, 0.2) is 24.4 Å². The molecular weight excluding hydrogens is 322 g/mol. The van der Waals surface area contributed by atoms with Crippen molar-refractivity contribution in [3.63, 3.8) is 0 Å². The summed E-state index contributed by atoms with van der Waals surface area (Å²) >= 11 is 0. The molecular formula is C18H19N3O4. The smallest absolute Gasteiger partial charge is 0.268 e. The Bertz CT molecular complexity index is 884. The van der Waals surface area contributed by atoms with Crippen LogP contribution in [0.25, 0.3) is 11.4 Å². The third-order valence-electron chi connectivity index (χ3n) is 3.66. The molecule has 7 heteroatoms. The maximum Gasteiger partial charge on any atom is 0.268 e. The lowest BCUT2D eigenvalue weighted by Gasteiger charge is -2.15. The summed E-state index contributed by atoms with van der Waals surface area (Å²) in [6.45, 7) is 3.36. The van der Waals surface area contributed by atoms with Crippen molar-refractivity contribution >= 4 is 5.91 Å². The summed E-state index contributed by atoms with van der Waals surface area (Å²) in [6, 6.07) is 5.28. The summed E-state index contributed by atoms with van der Waals surface area (Å²) in [7, 11) is 0. The number of nitrogens with zero attached hydrogens (tertiary/aromatic N) is 2. The number of carbonyl (C=O) groups excluding carboxylic acids is 1. The average molecular weight is 341 g/mol. The maximum absolute atomic E-state index is 11.5. The number of benzene rings is 1. The molecule has 0 unspecified atom stereocenters. The van der Waals surface area contributed by atoms with Crippen molar-refractivity contribution in [1.82, 2.24) is 9.55 Å². The number of aliphatic hydroxyl groups excluding tert-OH is 1. The summed E-state index contributed by atoms with van der Waals surface area (Å²) in [5, 5.41) is 19.3. The topological polar surface area (TPSA) is 111 Å². The third-order valence-corrected chi connectivity index (χ3v) is 3.66. The first-order chi connectivity index (χ1) is 11.8. The molecule has 3 rings (SSSR count). The highest BCUT2D eigenvalue weighted by atomic mass is 16.5. The van der Waals surface area contributed by atoms with Gasteiger partial charge in [-0.15, -0.1) is 0 Å². The number of imidazole rings is 1. The summed E-state index contributed by atoms with van der Waals surface area (Å²) in [5.41, 5.74) is 5.68. The molecule has 0 saturated carbocycles. The number of ether oxygens (including phenoxy) is 1. The zero-order valence-corrected chi connectivity index (χ0v) is 14.0. The summed E-state index contributed by atoms with van der Waals surface area (Å²) in [5.74, 6) is 6.09. The first-order valence-electron chi connectivity index (χ1n) is 7.81. The number of primary amides is 1. The van der Waals surface area contributed by atoms with E-state index in [1.807, 2.05) is 0 Å². The van der Waals surface area contributed by atoms with Gasteiger partial charge in [0, 0.05) is 11.8 Å². The molecule has 1 aromatic carbocycles. The summed E-state index contributed by atoms with van der Waals surface area (Å²) in [4.78, 5) is 15.8. The van der Waals surface area contributed by atoms with Crippen LogP contribution in [0.4, 0.5) is 0 Å². The Labute approximate surface area is 145 Å². The van der Waals surface area contributed by atoms with Crippen LogP contribution in [0.2, 0.25) is 0 Å². The Hall–Kier alpha value is -2.82. The molecule has 0 spiro atoms. The normalized spacial score (nSPS) is 15.9. The van der Waals surface area contributed by atoms with Crippen molar-refractivity contribution < 1.29 is 19.7 Å². The van der Waals surface area contributed by atoms with Gasteiger partial charge in [0.2, 0.25) is 0 Å². The molecule has 0 saturated heterocycles. The van der Waals surface area contributed by atoms with Crippen LogP contribution in [-0.4, -0.2) is 44.0 Å². The molecule has 1 aromatic heterocycles. The molecule has 0 bridgehead atoms. The first kappa shape index (κ1) is 17.0. The van der Waals surface area contributed by atoms with Crippen molar-refractivity contribution in [2.45, 2.75) is 32.1 Å². The Morgan fingerprint density at radius 3 is 2.92 bits per heavy atom. The Kier molecular flexibility index (Phi) is 4.25. The second-order valence-corrected chi connectivity index (χ2v) is 6.41. The van der Waals surface area contributed by atoms with E-state index in [0.717, 1.165) is 0 Å². The molecule has 0 fully saturated rings.